The van der Waals surface area contributed by atoms with Gasteiger partial charge >= 0.3 is 6.09 Å². The van der Waals surface area contributed by atoms with Crippen LogP contribution in [0.5, 0.6) is 0 Å². The first-order chi connectivity index (χ1) is 12.4. The maximum absolute atomic E-state index is 12.3. The third-order valence-corrected chi connectivity index (χ3v) is 4.65. The van der Waals surface area contributed by atoms with Gasteiger partial charge in [0.15, 0.2) is 0 Å². The number of aromatic nitrogens is 1. The van der Waals surface area contributed by atoms with E-state index in [1.54, 1.807) is 0 Å². The van der Waals surface area contributed by atoms with Gasteiger partial charge in [-0.3, -0.25) is 0 Å². The van der Waals surface area contributed by atoms with Crippen LogP contribution < -0.4 is 5.32 Å². The number of nitrogens with one attached hydrogen (secondary N) is 2. The second kappa shape index (κ2) is 7.65. The summed E-state index contributed by atoms with van der Waals surface area (Å²) < 4.78 is 5.40. The number of hydrogen-bond donors (Lipinski definition) is 2. The zero-order valence-corrected chi connectivity index (χ0v) is 15.6. The Bertz CT molecular complexity index is 862. The van der Waals surface area contributed by atoms with Crippen molar-refractivity contribution in [3.05, 3.63) is 71.9 Å². The molecule has 0 saturated carbocycles. The van der Waals surface area contributed by atoms with Gasteiger partial charge in [-0.25, -0.2) is 4.79 Å². The van der Waals surface area contributed by atoms with Crippen molar-refractivity contribution in [3.63, 3.8) is 0 Å². The number of ether oxygens (including phenoxy) is 1. The molecule has 1 unspecified atom stereocenters. The van der Waals surface area contributed by atoms with Crippen LogP contribution in [0.1, 0.15) is 31.9 Å². The summed E-state index contributed by atoms with van der Waals surface area (Å²) in [5.41, 5.74) is 3.20. The molecule has 0 aliphatic rings. The van der Waals surface area contributed by atoms with Gasteiger partial charge < -0.3 is 15.0 Å². The maximum Gasteiger partial charge on any atom is 0.407 e. The van der Waals surface area contributed by atoms with E-state index in [1.807, 2.05) is 48.7 Å². The number of carbonyl (C=O) groups excluding carboxylic acids is 1. The van der Waals surface area contributed by atoms with Gasteiger partial charge in [-0.2, -0.15) is 0 Å². The highest BCUT2D eigenvalue weighted by molar-refractivity contribution is 5.83. The van der Waals surface area contributed by atoms with Crippen LogP contribution in [0.4, 0.5) is 4.79 Å². The Kier molecular flexibility index (Phi) is 5.31. The van der Waals surface area contributed by atoms with Gasteiger partial charge in [0.25, 0.3) is 0 Å². The van der Waals surface area contributed by atoms with E-state index in [9.17, 15) is 4.79 Å². The monoisotopic (exact) mass is 350 g/mol. The van der Waals surface area contributed by atoms with Gasteiger partial charge in [0.05, 0.1) is 0 Å². The van der Waals surface area contributed by atoms with Crippen LogP contribution in [-0.2, 0) is 17.8 Å². The molecule has 3 rings (SSSR count). The van der Waals surface area contributed by atoms with Gasteiger partial charge in [0, 0.05) is 23.1 Å². The summed E-state index contributed by atoms with van der Waals surface area (Å²) in [6.07, 6.45) is 2.39. The molecule has 1 heterocycles. The zero-order chi connectivity index (χ0) is 18.6. The number of aromatic amines is 1. The van der Waals surface area contributed by atoms with Crippen molar-refractivity contribution in [3.8, 4) is 0 Å². The van der Waals surface area contributed by atoms with Gasteiger partial charge in [0.1, 0.15) is 6.61 Å². The number of hydrogen-bond acceptors (Lipinski definition) is 2. The summed E-state index contributed by atoms with van der Waals surface area (Å²) in [7, 11) is 0. The number of H-pyrrole nitrogens is 1. The second-order valence-corrected chi connectivity index (χ2v) is 7.69. The van der Waals surface area contributed by atoms with E-state index in [0.29, 0.717) is 0 Å². The van der Waals surface area contributed by atoms with E-state index in [1.165, 1.54) is 10.9 Å². The Labute approximate surface area is 154 Å². The zero-order valence-electron chi connectivity index (χ0n) is 15.6. The summed E-state index contributed by atoms with van der Waals surface area (Å²) in [6, 6.07) is 17.9. The third-order valence-electron chi connectivity index (χ3n) is 4.65. The normalized spacial score (nSPS) is 12.7. The lowest BCUT2D eigenvalue weighted by atomic mass is 9.83. The van der Waals surface area contributed by atoms with E-state index in [4.69, 9.17) is 4.74 Å². The van der Waals surface area contributed by atoms with E-state index < -0.39 is 0 Å². The average Bonchev–Trinajstić information content (AvgIpc) is 3.03. The van der Waals surface area contributed by atoms with Crippen LogP contribution in [-0.4, -0.2) is 17.1 Å². The van der Waals surface area contributed by atoms with Crippen molar-refractivity contribution in [2.24, 2.45) is 5.41 Å². The number of fused-ring (bicyclic) bond motifs is 1. The number of carbonyl (C=O) groups is 1. The molecular formula is C22H26N2O2. The third kappa shape index (κ3) is 4.45. The minimum Gasteiger partial charge on any atom is -0.445 e. The predicted molar refractivity (Wildman–Crippen MR) is 105 cm³/mol. The fourth-order valence-corrected chi connectivity index (χ4v) is 3.00. The smallest absolute Gasteiger partial charge is 0.407 e. The molecule has 1 atom stereocenters. The number of rotatable bonds is 5. The van der Waals surface area contributed by atoms with Crippen molar-refractivity contribution in [1.29, 1.82) is 0 Å². The molecule has 0 bridgehead atoms. The first-order valence-corrected chi connectivity index (χ1v) is 8.96. The molecule has 2 N–H and O–H groups in total. The van der Waals surface area contributed by atoms with Gasteiger partial charge in [-0.05, 0) is 29.0 Å². The topological polar surface area (TPSA) is 54.1 Å². The van der Waals surface area contributed by atoms with Crippen LogP contribution in [0.25, 0.3) is 10.9 Å². The molecular weight excluding hydrogens is 324 g/mol. The minimum absolute atomic E-state index is 0.0371. The number of alkyl carbamates (subject to hydrolysis) is 1. The van der Waals surface area contributed by atoms with Crippen molar-refractivity contribution >= 4 is 17.0 Å². The fraction of sp³-hybridized carbons (Fsp3) is 0.318. The molecule has 0 aliphatic heterocycles. The van der Waals surface area contributed by atoms with Crippen molar-refractivity contribution in [2.45, 2.75) is 39.8 Å². The summed E-state index contributed by atoms with van der Waals surface area (Å²) >= 11 is 0. The Morgan fingerprint density at radius 3 is 2.50 bits per heavy atom. The SMILES string of the molecule is CC(C)(C)C(Cc1c[nH]c2ccccc12)NC(=O)OCc1ccccc1. The second-order valence-electron chi connectivity index (χ2n) is 7.69. The average molecular weight is 350 g/mol. The molecule has 4 nitrogen and oxygen atoms in total. The Balaban J connectivity index is 1.67. The molecule has 0 spiro atoms. The maximum atomic E-state index is 12.3. The Hall–Kier alpha value is -2.75. The molecule has 0 saturated heterocycles. The Morgan fingerprint density at radius 2 is 1.77 bits per heavy atom. The van der Waals surface area contributed by atoms with Gasteiger partial charge in [0.2, 0.25) is 0 Å². The molecule has 0 fully saturated rings. The van der Waals surface area contributed by atoms with Crippen molar-refractivity contribution < 1.29 is 9.53 Å². The quantitative estimate of drug-likeness (QED) is 0.676. The van der Waals surface area contributed by atoms with Crippen LogP contribution in [0.2, 0.25) is 0 Å². The molecule has 136 valence electrons. The lowest BCUT2D eigenvalue weighted by molar-refractivity contribution is 0.126. The van der Waals surface area contributed by atoms with Crippen molar-refractivity contribution in [1.82, 2.24) is 10.3 Å². The van der Waals surface area contributed by atoms with Gasteiger partial charge in [-0.1, -0.05) is 69.3 Å². The molecule has 4 heteroatoms. The van der Waals surface area contributed by atoms with Crippen LogP contribution in [0, 0.1) is 5.41 Å². The standard InChI is InChI=1S/C22H26N2O2/c1-22(2,3)20(13-17-14-23-19-12-8-7-11-18(17)19)24-21(25)26-15-16-9-5-4-6-10-16/h4-12,14,20,23H,13,15H2,1-3H3,(H,24,25). The molecule has 1 aromatic heterocycles. The van der Waals surface area contributed by atoms with Crippen LogP contribution in [0.15, 0.2) is 60.8 Å². The highest BCUT2D eigenvalue weighted by Gasteiger charge is 2.27. The van der Waals surface area contributed by atoms with E-state index in [-0.39, 0.29) is 24.2 Å². The fourth-order valence-electron chi connectivity index (χ4n) is 3.00. The summed E-state index contributed by atoms with van der Waals surface area (Å²) in [5.74, 6) is 0. The molecule has 3 aromatic rings. The van der Waals surface area contributed by atoms with Crippen LogP contribution >= 0.6 is 0 Å². The highest BCUT2D eigenvalue weighted by atomic mass is 16.5. The number of amides is 1. The minimum atomic E-state index is -0.381. The molecule has 0 radical (unpaired) electrons. The molecule has 0 aliphatic carbocycles. The summed E-state index contributed by atoms with van der Waals surface area (Å²) in [5, 5.41) is 4.25. The van der Waals surface area contributed by atoms with E-state index >= 15 is 0 Å². The van der Waals surface area contributed by atoms with Gasteiger partial charge in [-0.15, -0.1) is 0 Å². The van der Waals surface area contributed by atoms with E-state index in [0.717, 1.165) is 17.5 Å². The lowest BCUT2D eigenvalue weighted by Crippen LogP contribution is -2.45. The molecule has 26 heavy (non-hydrogen) atoms. The first kappa shape index (κ1) is 18.1. The number of para-hydroxylation sites is 1. The van der Waals surface area contributed by atoms with Crippen molar-refractivity contribution in [2.75, 3.05) is 0 Å². The largest absolute Gasteiger partial charge is 0.445 e. The lowest BCUT2D eigenvalue weighted by Gasteiger charge is -2.31. The summed E-state index contributed by atoms with van der Waals surface area (Å²) in [6.45, 7) is 6.66. The number of benzene rings is 2. The summed E-state index contributed by atoms with van der Waals surface area (Å²) in [4.78, 5) is 15.6. The Morgan fingerprint density at radius 1 is 1.08 bits per heavy atom. The predicted octanol–water partition coefficient (Wildman–Crippen LogP) is 5.05. The molecule has 2 aromatic carbocycles. The first-order valence-electron chi connectivity index (χ1n) is 8.96. The van der Waals surface area contributed by atoms with Crippen LogP contribution in [0.3, 0.4) is 0 Å². The highest BCUT2D eigenvalue weighted by Crippen LogP contribution is 2.26. The van der Waals surface area contributed by atoms with E-state index in [2.05, 4.69) is 43.2 Å². The molecule has 1 amide bonds.